The van der Waals surface area contributed by atoms with Crippen molar-refractivity contribution in [2.24, 2.45) is 0 Å². The van der Waals surface area contributed by atoms with E-state index in [9.17, 15) is 4.79 Å². The maximum Gasteiger partial charge on any atom is 0.253 e. The van der Waals surface area contributed by atoms with Gasteiger partial charge in [-0.15, -0.1) is 0 Å². The molecule has 0 bridgehead atoms. The van der Waals surface area contributed by atoms with Gasteiger partial charge in [0.25, 0.3) is 5.91 Å². The number of nitrogens with zero attached hydrogens (tertiary/aromatic N) is 1. The summed E-state index contributed by atoms with van der Waals surface area (Å²) in [7, 11) is 1.82. The summed E-state index contributed by atoms with van der Waals surface area (Å²) in [6.07, 6.45) is 1.91. The summed E-state index contributed by atoms with van der Waals surface area (Å²) in [5, 5.41) is 0.554. The largest absolute Gasteiger partial charge is 0.342 e. The second kappa shape index (κ2) is 7.62. The van der Waals surface area contributed by atoms with E-state index in [0.29, 0.717) is 10.6 Å². The van der Waals surface area contributed by atoms with E-state index in [1.54, 1.807) is 23.1 Å². The molecule has 4 heteroatoms. The van der Waals surface area contributed by atoms with Crippen LogP contribution in [-0.4, -0.2) is 24.4 Å². The molecule has 0 aromatic heterocycles. The predicted molar refractivity (Wildman–Crippen MR) is 90.9 cm³/mol. The van der Waals surface area contributed by atoms with Crippen LogP contribution in [0, 0.1) is 0 Å². The molecule has 0 aliphatic rings. The molecule has 0 saturated heterocycles. The summed E-state index contributed by atoms with van der Waals surface area (Å²) in [5.74, 6) is -0.00235. The van der Waals surface area contributed by atoms with Gasteiger partial charge in [-0.2, -0.15) is 0 Å². The Labute approximate surface area is 138 Å². The zero-order chi connectivity index (χ0) is 15.2. The minimum atomic E-state index is -0.00235. The number of aryl methyl sites for hydroxylation is 1. The molecule has 2 nitrogen and oxygen atoms in total. The zero-order valence-electron chi connectivity index (χ0n) is 11.9. The Morgan fingerprint density at radius 1 is 1.19 bits per heavy atom. The molecule has 0 spiro atoms. The number of benzene rings is 2. The van der Waals surface area contributed by atoms with Gasteiger partial charge in [-0.1, -0.05) is 41.9 Å². The summed E-state index contributed by atoms with van der Waals surface area (Å²) >= 11 is 9.36. The fourth-order valence-electron chi connectivity index (χ4n) is 2.12. The molecule has 0 unspecified atom stereocenters. The number of rotatable bonds is 5. The van der Waals surface area contributed by atoms with Gasteiger partial charge in [0, 0.05) is 23.6 Å². The van der Waals surface area contributed by atoms with E-state index in [2.05, 4.69) is 28.1 Å². The van der Waals surface area contributed by atoms with Gasteiger partial charge in [0.2, 0.25) is 0 Å². The van der Waals surface area contributed by atoms with Gasteiger partial charge in [0.1, 0.15) is 0 Å². The number of hydrogen-bond acceptors (Lipinski definition) is 1. The smallest absolute Gasteiger partial charge is 0.253 e. The summed E-state index contributed by atoms with van der Waals surface area (Å²) in [4.78, 5) is 14.0. The standard InChI is InChI=1S/C17H17BrClNO/c1-20(11-5-8-13-6-3-2-4-7-13)17(21)14-9-10-15(18)16(19)12-14/h2-4,6-7,9-10,12H,5,8,11H2,1H3. The Kier molecular flexibility index (Phi) is 5.83. The van der Waals surface area contributed by atoms with E-state index >= 15 is 0 Å². The molecule has 0 N–H and O–H groups in total. The lowest BCUT2D eigenvalue weighted by atomic mass is 10.1. The number of carbonyl (C=O) groups is 1. The minimum absolute atomic E-state index is 0.00235. The van der Waals surface area contributed by atoms with E-state index in [-0.39, 0.29) is 5.91 Å². The molecule has 1 amide bonds. The van der Waals surface area contributed by atoms with Crippen LogP contribution >= 0.6 is 27.5 Å². The van der Waals surface area contributed by atoms with Crippen LogP contribution in [0.5, 0.6) is 0 Å². The number of halogens is 2. The summed E-state index contributed by atoms with van der Waals surface area (Å²) in [6, 6.07) is 15.6. The van der Waals surface area contributed by atoms with Gasteiger partial charge >= 0.3 is 0 Å². The Balaban J connectivity index is 1.89. The van der Waals surface area contributed by atoms with Gasteiger partial charge in [0.05, 0.1) is 5.02 Å². The van der Waals surface area contributed by atoms with Crippen LogP contribution in [0.4, 0.5) is 0 Å². The highest BCUT2D eigenvalue weighted by molar-refractivity contribution is 9.10. The molecule has 2 aromatic carbocycles. The minimum Gasteiger partial charge on any atom is -0.342 e. The van der Waals surface area contributed by atoms with E-state index in [1.165, 1.54) is 5.56 Å². The van der Waals surface area contributed by atoms with Crippen LogP contribution in [-0.2, 0) is 6.42 Å². The van der Waals surface area contributed by atoms with Gasteiger partial charge in [0.15, 0.2) is 0 Å². The predicted octanol–water partition coefficient (Wildman–Crippen LogP) is 4.81. The van der Waals surface area contributed by atoms with Crippen LogP contribution in [0.2, 0.25) is 5.02 Å². The highest BCUT2D eigenvalue weighted by Gasteiger charge is 2.12. The molecular formula is C17H17BrClNO. The third-order valence-corrected chi connectivity index (χ3v) is 4.55. The van der Waals surface area contributed by atoms with Crippen molar-refractivity contribution in [3.05, 3.63) is 69.2 Å². The molecular weight excluding hydrogens is 350 g/mol. The summed E-state index contributed by atoms with van der Waals surface area (Å²) in [6.45, 7) is 0.724. The molecule has 0 aliphatic carbocycles. The van der Waals surface area contributed by atoms with E-state index < -0.39 is 0 Å². The lowest BCUT2D eigenvalue weighted by Crippen LogP contribution is -2.28. The first-order valence-corrected chi connectivity index (χ1v) is 7.99. The van der Waals surface area contributed by atoms with Gasteiger partial charge in [-0.05, 0) is 52.5 Å². The van der Waals surface area contributed by atoms with Crippen LogP contribution in [0.15, 0.2) is 53.0 Å². The maximum absolute atomic E-state index is 12.3. The van der Waals surface area contributed by atoms with Crippen molar-refractivity contribution in [1.82, 2.24) is 4.90 Å². The van der Waals surface area contributed by atoms with Crippen molar-refractivity contribution in [2.75, 3.05) is 13.6 Å². The fraction of sp³-hybridized carbons (Fsp3) is 0.235. The van der Waals surface area contributed by atoms with Crippen LogP contribution in [0.25, 0.3) is 0 Å². The molecule has 110 valence electrons. The monoisotopic (exact) mass is 365 g/mol. The highest BCUT2D eigenvalue weighted by Crippen LogP contribution is 2.23. The molecule has 0 heterocycles. The van der Waals surface area contributed by atoms with E-state index in [1.807, 2.05) is 25.2 Å². The van der Waals surface area contributed by atoms with Gasteiger partial charge in [-0.25, -0.2) is 0 Å². The maximum atomic E-state index is 12.3. The third-order valence-electron chi connectivity index (χ3n) is 3.32. The van der Waals surface area contributed by atoms with Gasteiger partial charge in [-0.3, -0.25) is 4.79 Å². The van der Waals surface area contributed by atoms with Crippen molar-refractivity contribution in [3.8, 4) is 0 Å². The molecule has 0 atom stereocenters. The van der Waals surface area contributed by atoms with Crippen molar-refractivity contribution in [2.45, 2.75) is 12.8 Å². The molecule has 2 aromatic rings. The SMILES string of the molecule is CN(CCCc1ccccc1)C(=O)c1ccc(Br)c(Cl)c1. The summed E-state index contributed by atoms with van der Waals surface area (Å²) in [5.41, 5.74) is 1.91. The van der Waals surface area contributed by atoms with Crippen molar-refractivity contribution < 1.29 is 4.79 Å². The van der Waals surface area contributed by atoms with Crippen LogP contribution in [0.3, 0.4) is 0 Å². The van der Waals surface area contributed by atoms with Gasteiger partial charge < -0.3 is 4.90 Å². The lowest BCUT2D eigenvalue weighted by molar-refractivity contribution is 0.0793. The molecule has 0 fully saturated rings. The number of amides is 1. The first kappa shape index (κ1) is 16.1. The second-order valence-electron chi connectivity index (χ2n) is 4.94. The summed E-state index contributed by atoms with van der Waals surface area (Å²) < 4.78 is 0.799. The lowest BCUT2D eigenvalue weighted by Gasteiger charge is -2.17. The Bertz CT molecular complexity index is 615. The highest BCUT2D eigenvalue weighted by atomic mass is 79.9. The Hall–Kier alpha value is -1.32. The Morgan fingerprint density at radius 3 is 2.57 bits per heavy atom. The van der Waals surface area contributed by atoms with Crippen molar-refractivity contribution in [3.63, 3.8) is 0 Å². The zero-order valence-corrected chi connectivity index (χ0v) is 14.2. The molecule has 0 radical (unpaired) electrons. The fourth-order valence-corrected chi connectivity index (χ4v) is 2.54. The number of carbonyl (C=O) groups excluding carboxylic acids is 1. The van der Waals surface area contributed by atoms with Crippen LogP contribution in [0.1, 0.15) is 22.3 Å². The Morgan fingerprint density at radius 2 is 1.90 bits per heavy atom. The normalized spacial score (nSPS) is 10.4. The average molecular weight is 367 g/mol. The molecule has 0 aliphatic heterocycles. The van der Waals surface area contributed by atoms with E-state index in [0.717, 1.165) is 23.9 Å². The first-order valence-electron chi connectivity index (χ1n) is 6.82. The molecule has 21 heavy (non-hydrogen) atoms. The molecule has 0 saturated carbocycles. The topological polar surface area (TPSA) is 20.3 Å². The molecule has 2 rings (SSSR count). The van der Waals surface area contributed by atoms with Crippen molar-refractivity contribution in [1.29, 1.82) is 0 Å². The third kappa shape index (κ3) is 4.58. The quantitative estimate of drug-likeness (QED) is 0.744. The van der Waals surface area contributed by atoms with Crippen molar-refractivity contribution >= 4 is 33.4 Å². The first-order chi connectivity index (χ1) is 10.1. The van der Waals surface area contributed by atoms with Crippen LogP contribution < -0.4 is 0 Å². The number of hydrogen-bond donors (Lipinski definition) is 0. The average Bonchev–Trinajstić information content (AvgIpc) is 2.50. The second-order valence-corrected chi connectivity index (χ2v) is 6.21. The van der Waals surface area contributed by atoms with E-state index in [4.69, 9.17) is 11.6 Å².